The Kier molecular flexibility index (Phi) is 6.12. The van der Waals surface area contributed by atoms with Gasteiger partial charge >= 0.3 is 0 Å². The number of nitrogens with one attached hydrogen (secondary N) is 3. The van der Waals surface area contributed by atoms with E-state index in [9.17, 15) is 13.2 Å². The monoisotopic (exact) mass is 489 g/mol. The van der Waals surface area contributed by atoms with Crippen molar-refractivity contribution in [2.75, 3.05) is 11.9 Å². The number of hydrogen-bond acceptors (Lipinski definition) is 6. The van der Waals surface area contributed by atoms with Gasteiger partial charge in [0.05, 0.1) is 27.7 Å². The molecule has 0 aliphatic carbocycles. The van der Waals surface area contributed by atoms with Gasteiger partial charge in [0.1, 0.15) is 5.52 Å². The number of carbonyl (C=O) groups is 1. The largest absolute Gasteiger partial charge is 0.343 e. The predicted octanol–water partition coefficient (Wildman–Crippen LogP) is 4.48. The van der Waals surface area contributed by atoms with E-state index in [1.54, 1.807) is 50.5 Å². The van der Waals surface area contributed by atoms with Crippen LogP contribution in [0, 0.1) is 0 Å². The summed E-state index contributed by atoms with van der Waals surface area (Å²) in [5, 5.41) is 5.89. The average Bonchev–Trinajstić information content (AvgIpc) is 3.54. The molecular formula is C26H27N5O3S. The second-order valence-electron chi connectivity index (χ2n) is 9.00. The molecular weight excluding hydrogens is 462 g/mol. The molecule has 1 aliphatic heterocycles. The molecule has 1 unspecified atom stereocenters. The van der Waals surface area contributed by atoms with Crippen LogP contribution in [-0.2, 0) is 9.84 Å². The molecule has 2 aromatic heterocycles. The molecule has 1 aliphatic rings. The van der Waals surface area contributed by atoms with Gasteiger partial charge in [-0.25, -0.2) is 18.4 Å². The molecule has 0 spiro atoms. The zero-order chi connectivity index (χ0) is 24.6. The first kappa shape index (κ1) is 23.2. The summed E-state index contributed by atoms with van der Waals surface area (Å²) in [6, 6.07) is 14.6. The third kappa shape index (κ3) is 4.56. The molecule has 5 rings (SSSR count). The Morgan fingerprint density at radius 2 is 1.83 bits per heavy atom. The first-order chi connectivity index (χ1) is 16.8. The highest BCUT2D eigenvalue weighted by Crippen LogP contribution is 2.27. The maximum Gasteiger partial charge on any atom is 0.255 e. The molecule has 4 aromatic rings. The number of amides is 1. The van der Waals surface area contributed by atoms with Gasteiger partial charge in [-0.05, 0) is 63.1 Å². The van der Waals surface area contributed by atoms with Gasteiger partial charge in [0, 0.05) is 23.4 Å². The summed E-state index contributed by atoms with van der Waals surface area (Å²) in [7, 11) is -3.35. The first-order valence-electron chi connectivity index (χ1n) is 11.7. The Hall–Kier alpha value is -3.56. The molecule has 0 radical (unpaired) electrons. The van der Waals surface area contributed by atoms with Gasteiger partial charge in [-0.3, -0.25) is 4.79 Å². The highest BCUT2D eigenvalue weighted by Gasteiger charge is 2.20. The van der Waals surface area contributed by atoms with Crippen LogP contribution in [0.25, 0.3) is 22.4 Å². The van der Waals surface area contributed by atoms with Gasteiger partial charge in [-0.15, -0.1) is 0 Å². The zero-order valence-corrected chi connectivity index (χ0v) is 20.4. The van der Waals surface area contributed by atoms with E-state index >= 15 is 0 Å². The van der Waals surface area contributed by atoms with E-state index in [1.165, 1.54) is 5.56 Å². The number of carbonyl (C=O) groups excluding carboxylic acids is 1. The number of fused-ring (bicyclic) bond motifs is 1. The minimum Gasteiger partial charge on any atom is -0.343 e. The molecule has 3 N–H and O–H groups in total. The number of aromatic amines is 1. The van der Waals surface area contributed by atoms with Crippen LogP contribution in [0.4, 0.5) is 5.69 Å². The molecule has 9 heteroatoms. The van der Waals surface area contributed by atoms with Gasteiger partial charge in [0.25, 0.3) is 5.91 Å². The van der Waals surface area contributed by atoms with Crippen LogP contribution < -0.4 is 10.6 Å². The maximum atomic E-state index is 12.9. The lowest BCUT2D eigenvalue weighted by molar-refractivity contribution is 0.102. The fourth-order valence-corrected chi connectivity index (χ4v) is 5.30. The summed E-state index contributed by atoms with van der Waals surface area (Å²) >= 11 is 0. The van der Waals surface area contributed by atoms with Crippen molar-refractivity contribution in [3.63, 3.8) is 0 Å². The molecule has 1 saturated heterocycles. The molecule has 0 bridgehead atoms. The average molecular weight is 490 g/mol. The van der Waals surface area contributed by atoms with Crippen molar-refractivity contribution in [2.24, 2.45) is 0 Å². The second kappa shape index (κ2) is 9.24. The van der Waals surface area contributed by atoms with Gasteiger partial charge in [0.15, 0.2) is 15.5 Å². The Bertz CT molecular complexity index is 1470. The lowest BCUT2D eigenvalue weighted by Gasteiger charge is -2.11. The molecule has 180 valence electrons. The lowest BCUT2D eigenvalue weighted by Crippen LogP contribution is -2.14. The number of anilines is 1. The molecule has 2 aromatic carbocycles. The minimum atomic E-state index is -3.35. The van der Waals surface area contributed by atoms with Crippen molar-refractivity contribution in [1.29, 1.82) is 0 Å². The Morgan fingerprint density at radius 3 is 2.49 bits per heavy atom. The van der Waals surface area contributed by atoms with Crippen molar-refractivity contribution >= 4 is 32.6 Å². The lowest BCUT2D eigenvalue weighted by atomic mass is 10.0. The summed E-state index contributed by atoms with van der Waals surface area (Å²) < 4.78 is 24.8. The number of H-pyrrole nitrogens is 1. The number of sulfone groups is 1. The minimum absolute atomic E-state index is 0.229. The molecule has 1 fully saturated rings. The third-order valence-corrected chi connectivity index (χ3v) is 8.53. The van der Waals surface area contributed by atoms with Gasteiger partial charge in [-0.1, -0.05) is 24.3 Å². The SMILES string of the molecule is CC(C)S(=O)(=O)c1ccc(-c2cnc3[nH]cc(NC(=O)c4ccc(C5CCCN5)cc4)c3n2)cc1. The van der Waals surface area contributed by atoms with Crippen LogP contribution >= 0.6 is 0 Å². The van der Waals surface area contributed by atoms with Crippen LogP contribution in [0.3, 0.4) is 0 Å². The number of hydrogen-bond donors (Lipinski definition) is 3. The predicted molar refractivity (Wildman–Crippen MR) is 136 cm³/mol. The van der Waals surface area contributed by atoms with Crippen LogP contribution in [0.15, 0.2) is 65.8 Å². The Balaban J connectivity index is 1.37. The van der Waals surface area contributed by atoms with Gasteiger partial charge in [-0.2, -0.15) is 0 Å². The van der Waals surface area contributed by atoms with Crippen molar-refractivity contribution in [3.8, 4) is 11.3 Å². The smallest absolute Gasteiger partial charge is 0.255 e. The molecule has 35 heavy (non-hydrogen) atoms. The standard InChI is InChI=1S/C26H27N5O3S/c1-16(2)35(33,34)20-11-9-18(10-12-20)22-14-28-25-24(30-22)23(15-29-25)31-26(32)19-7-5-17(6-8-19)21-4-3-13-27-21/h5-12,14-16,21,27H,3-4,13H2,1-2H3,(H,28,29)(H,31,32). The van der Waals surface area contributed by atoms with Crippen molar-refractivity contribution in [2.45, 2.75) is 42.9 Å². The fraction of sp³-hybridized carbons (Fsp3) is 0.269. The zero-order valence-electron chi connectivity index (χ0n) is 19.6. The van der Waals surface area contributed by atoms with E-state index in [2.05, 4.69) is 25.6 Å². The summed E-state index contributed by atoms with van der Waals surface area (Å²) in [4.78, 5) is 25.3. The Labute approximate surface area is 204 Å². The number of benzene rings is 2. The topological polar surface area (TPSA) is 117 Å². The van der Waals surface area contributed by atoms with E-state index in [-0.39, 0.29) is 10.8 Å². The Morgan fingerprint density at radius 1 is 1.09 bits per heavy atom. The van der Waals surface area contributed by atoms with E-state index in [1.807, 2.05) is 24.3 Å². The molecule has 3 heterocycles. The van der Waals surface area contributed by atoms with E-state index in [4.69, 9.17) is 0 Å². The van der Waals surface area contributed by atoms with Crippen molar-refractivity contribution in [3.05, 3.63) is 72.1 Å². The summed E-state index contributed by atoms with van der Waals surface area (Å²) in [5.74, 6) is -0.229. The number of aromatic nitrogens is 3. The molecule has 1 amide bonds. The van der Waals surface area contributed by atoms with Crippen LogP contribution in [0.1, 0.15) is 48.7 Å². The number of rotatable bonds is 6. The maximum absolute atomic E-state index is 12.9. The summed E-state index contributed by atoms with van der Waals surface area (Å²) in [6.07, 6.45) is 5.56. The van der Waals surface area contributed by atoms with E-state index in [0.717, 1.165) is 24.9 Å². The highest BCUT2D eigenvalue weighted by molar-refractivity contribution is 7.92. The summed E-state index contributed by atoms with van der Waals surface area (Å²) in [5.41, 5.74) is 4.67. The van der Waals surface area contributed by atoms with E-state index in [0.29, 0.717) is 34.2 Å². The molecule has 0 saturated carbocycles. The van der Waals surface area contributed by atoms with Crippen molar-refractivity contribution < 1.29 is 13.2 Å². The van der Waals surface area contributed by atoms with Crippen LogP contribution in [0.5, 0.6) is 0 Å². The quantitative estimate of drug-likeness (QED) is 0.368. The second-order valence-corrected chi connectivity index (χ2v) is 11.5. The third-order valence-electron chi connectivity index (χ3n) is 6.36. The summed E-state index contributed by atoms with van der Waals surface area (Å²) in [6.45, 7) is 4.34. The van der Waals surface area contributed by atoms with Crippen LogP contribution in [-0.4, -0.2) is 41.1 Å². The fourth-order valence-electron chi connectivity index (χ4n) is 4.24. The first-order valence-corrected chi connectivity index (χ1v) is 13.2. The van der Waals surface area contributed by atoms with E-state index < -0.39 is 15.1 Å². The van der Waals surface area contributed by atoms with Crippen molar-refractivity contribution in [1.82, 2.24) is 20.3 Å². The molecule has 1 atom stereocenters. The van der Waals surface area contributed by atoms with Gasteiger partial charge in [0.2, 0.25) is 0 Å². The molecule has 8 nitrogen and oxygen atoms in total. The normalized spacial score (nSPS) is 16.1. The van der Waals surface area contributed by atoms with Crippen LogP contribution in [0.2, 0.25) is 0 Å². The van der Waals surface area contributed by atoms with Gasteiger partial charge < -0.3 is 15.6 Å². The number of nitrogens with zero attached hydrogens (tertiary/aromatic N) is 2. The highest BCUT2D eigenvalue weighted by atomic mass is 32.2.